The molecule has 3 amide bonds. The van der Waals surface area contributed by atoms with Gasteiger partial charge in [-0.15, -0.1) is 0 Å². The molecule has 0 aromatic heterocycles. The maximum absolute atomic E-state index is 12.8. The molecule has 29 heavy (non-hydrogen) atoms. The first-order valence-corrected chi connectivity index (χ1v) is 9.19. The van der Waals surface area contributed by atoms with Crippen LogP contribution in [0.2, 0.25) is 0 Å². The van der Waals surface area contributed by atoms with Gasteiger partial charge >= 0.3 is 5.97 Å². The molecule has 2 atom stereocenters. The number of hydrogen-bond donors (Lipinski definition) is 6. The molecule has 0 saturated heterocycles. The van der Waals surface area contributed by atoms with Crippen LogP contribution in [-0.4, -0.2) is 59.1 Å². The minimum absolute atomic E-state index is 0.0464. The van der Waals surface area contributed by atoms with E-state index in [1.807, 2.05) is 13.8 Å². The second-order valence-electron chi connectivity index (χ2n) is 7.00. The minimum atomic E-state index is -1.20. The second kappa shape index (κ2) is 11.6. The summed E-state index contributed by atoms with van der Waals surface area (Å²) in [4.78, 5) is 47.5. The van der Waals surface area contributed by atoms with Crippen LogP contribution in [0.25, 0.3) is 0 Å². The molecule has 160 valence electrons. The number of phenolic OH excluding ortho intramolecular Hbond substituents is 1. The van der Waals surface area contributed by atoms with Crippen molar-refractivity contribution in [1.82, 2.24) is 16.0 Å². The Morgan fingerprint density at radius 2 is 1.62 bits per heavy atom. The van der Waals surface area contributed by atoms with E-state index in [1.54, 1.807) is 12.1 Å². The normalized spacial score (nSPS) is 12.7. The van der Waals surface area contributed by atoms with Crippen molar-refractivity contribution in [2.24, 2.45) is 11.7 Å². The predicted molar refractivity (Wildman–Crippen MR) is 105 cm³/mol. The number of aromatic hydroxyl groups is 1. The van der Waals surface area contributed by atoms with E-state index >= 15 is 0 Å². The fourth-order valence-corrected chi connectivity index (χ4v) is 2.59. The maximum Gasteiger partial charge on any atom is 0.322 e. The fraction of sp³-hybridized carbons (Fsp3) is 0.474. The molecule has 1 rings (SSSR count). The highest BCUT2D eigenvalue weighted by Gasteiger charge is 2.27. The zero-order chi connectivity index (χ0) is 22.0. The lowest BCUT2D eigenvalue weighted by Gasteiger charge is -2.24. The molecule has 0 aliphatic heterocycles. The number of phenols is 1. The lowest BCUT2D eigenvalue weighted by Crippen LogP contribution is -2.55. The van der Waals surface area contributed by atoms with Crippen molar-refractivity contribution in [1.29, 1.82) is 0 Å². The number of carbonyl (C=O) groups excluding carboxylic acids is 3. The molecular formula is C19H28N4O6. The number of carbonyl (C=O) groups is 4. The third-order valence-corrected chi connectivity index (χ3v) is 3.97. The highest BCUT2D eigenvalue weighted by molar-refractivity contribution is 5.93. The Morgan fingerprint density at radius 1 is 1.00 bits per heavy atom. The van der Waals surface area contributed by atoms with Crippen LogP contribution in [0, 0.1) is 5.92 Å². The third kappa shape index (κ3) is 9.06. The van der Waals surface area contributed by atoms with E-state index < -0.39 is 42.3 Å². The lowest BCUT2D eigenvalue weighted by atomic mass is 10.0. The van der Waals surface area contributed by atoms with E-state index in [-0.39, 0.29) is 31.1 Å². The number of rotatable bonds is 11. The van der Waals surface area contributed by atoms with Gasteiger partial charge in [0.25, 0.3) is 0 Å². The zero-order valence-electron chi connectivity index (χ0n) is 16.5. The highest BCUT2D eigenvalue weighted by atomic mass is 16.4. The van der Waals surface area contributed by atoms with E-state index in [0.29, 0.717) is 5.56 Å². The Labute approximate surface area is 168 Å². The summed E-state index contributed by atoms with van der Waals surface area (Å²) < 4.78 is 0. The molecule has 1 aromatic rings. The average Bonchev–Trinajstić information content (AvgIpc) is 2.66. The Kier molecular flexibility index (Phi) is 9.60. The Hall–Kier alpha value is -3.14. The van der Waals surface area contributed by atoms with Crippen LogP contribution in [0.5, 0.6) is 5.75 Å². The van der Waals surface area contributed by atoms with Gasteiger partial charge in [-0.05, 0) is 30.0 Å². The number of amides is 3. The fourth-order valence-electron chi connectivity index (χ4n) is 2.59. The summed E-state index contributed by atoms with van der Waals surface area (Å²) in [5.41, 5.74) is 6.00. The topological polar surface area (TPSA) is 171 Å². The largest absolute Gasteiger partial charge is 0.508 e. The number of nitrogens with two attached hydrogens (primary N) is 1. The number of benzene rings is 1. The third-order valence-electron chi connectivity index (χ3n) is 3.97. The van der Waals surface area contributed by atoms with Crippen LogP contribution in [-0.2, 0) is 25.6 Å². The monoisotopic (exact) mass is 408 g/mol. The van der Waals surface area contributed by atoms with Gasteiger partial charge in [-0.1, -0.05) is 26.0 Å². The summed E-state index contributed by atoms with van der Waals surface area (Å²) in [7, 11) is 0. The van der Waals surface area contributed by atoms with Crippen molar-refractivity contribution in [3.8, 4) is 5.75 Å². The van der Waals surface area contributed by atoms with Gasteiger partial charge in [-0.2, -0.15) is 0 Å². The van der Waals surface area contributed by atoms with E-state index in [2.05, 4.69) is 16.0 Å². The molecule has 0 bridgehead atoms. The summed E-state index contributed by atoms with van der Waals surface area (Å²) in [6, 6.07) is 4.16. The summed E-state index contributed by atoms with van der Waals surface area (Å²) in [5.74, 6) is -2.86. The molecule has 0 heterocycles. The molecular weight excluding hydrogens is 380 g/mol. The molecule has 0 aliphatic carbocycles. The Morgan fingerprint density at radius 3 is 2.14 bits per heavy atom. The molecule has 10 nitrogen and oxygen atoms in total. The number of aliphatic carboxylic acids is 1. The molecule has 0 radical (unpaired) electrons. The number of nitrogens with one attached hydrogen (secondary N) is 3. The van der Waals surface area contributed by atoms with Gasteiger partial charge in [0, 0.05) is 6.42 Å². The van der Waals surface area contributed by atoms with Crippen molar-refractivity contribution in [2.45, 2.75) is 38.8 Å². The molecule has 1 aromatic carbocycles. The average molecular weight is 408 g/mol. The Balaban J connectivity index is 2.94. The van der Waals surface area contributed by atoms with Crippen molar-refractivity contribution in [3.05, 3.63) is 29.8 Å². The van der Waals surface area contributed by atoms with Crippen LogP contribution in [0.15, 0.2) is 24.3 Å². The van der Waals surface area contributed by atoms with Gasteiger partial charge in [0.05, 0.1) is 6.54 Å². The van der Waals surface area contributed by atoms with E-state index in [4.69, 9.17) is 10.8 Å². The molecule has 10 heteroatoms. The number of carboxylic acid groups (broad SMARTS) is 1. The molecule has 0 spiro atoms. The van der Waals surface area contributed by atoms with Gasteiger partial charge in [-0.3, -0.25) is 19.2 Å². The quantitative estimate of drug-likeness (QED) is 0.276. The summed E-state index contributed by atoms with van der Waals surface area (Å²) in [6.45, 7) is 2.83. The summed E-state index contributed by atoms with van der Waals surface area (Å²) >= 11 is 0. The van der Waals surface area contributed by atoms with Crippen LogP contribution in [0.1, 0.15) is 25.8 Å². The highest BCUT2D eigenvalue weighted by Crippen LogP contribution is 2.12. The van der Waals surface area contributed by atoms with E-state index in [1.165, 1.54) is 12.1 Å². The predicted octanol–water partition coefficient (Wildman–Crippen LogP) is -0.890. The first-order chi connectivity index (χ1) is 13.6. The summed E-state index contributed by atoms with van der Waals surface area (Å²) in [5, 5.41) is 25.5. The molecule has 0 fully saturated rings. The first-order valence-electron chi connectivity index (χ1n) is 9.19. The molecule has 2 unspecified atom stereocenters. The van der Waals surface area contributed by atoms with Crippen molar-refractivity contribution in [3.63, 3.8) is 0 Å². The minimum Gasteiger partial charge on any atom is -0.508 e. The molecule has 0 saturated carbocycles. The molecule has 7 N–H and O–H groups in total. The summed E-state index contributed by atoms with van der Waals surface area (Å²) in [6.07, 6.45) is 0.400. The number of carboxylic acids is 1. The zero-order valence-corrected chi connectivity index (χ0v) is 16.5. The van der Waals surface area contributed by atoms with Crippen molar-refractivity contribution < 1.29 is 29.4 Å². The van der Waals surface area contributed by atoms with Crippen molar-refractivity contribution in [2.75, 3.05) is 13.1 Å². The smallest absolute Gasteiger partial charge is 0.322 e. The van der Waals surface area contributed by atoms with Crippen LogP contribution in [0.3, 0.4) is 0 Å². The van der Waals surface area contributed by atoms with Crippen LogP contribution >= 0.6 is 0 Å². The van der Waals surface area contributed by atoms with Gasteiger partial charge in [-0.25, -0.2) is 0 Å². The SMILES string of the molecule is CC(C)CC(NC(=O)C(Cc1ccc(O)cc1)NC(=O)CN)C(=O)NCC(=O)O. The Bertz CT molecular complexity index is 720. The maximum atomic E-state index is 12.8. The first kappa shape index (κ1) is 23.9. The van der Waals surface area contributed by atoms with Gasteiger partial charge in [0.15, 0.2) is 0 Å². The van der Waals surface area contributed by atoms with E-state index in [9.17, 15) is 24.3 Å². The van der Waals surface area contributed by atoms with Gasteiger partial charge in [0.2, 0.25) is 17.7 Å². The standard InChI is InChI=1S/C19H28N4O6/c1-11(2)7-14(18(28)21-10-17(26)27)23-19(29)15(22-16(25)9-20)8-12-3-5-13(24)6-4-12/h3-6,11,14-15,24H,7-10,20H2,1-2H3,(H,21,28)(H,22,25)(H,23,29)(H,26,27). The van der Waals surface area contributed by atoms with E-state index in [0.717, 1.165) is 0 Å². The van der Waals surface area contributed by atoms with Crippen molar-refractivity contribution >= 4 is 23.7 Å². The number of hydrogen-bond acceptors (Lipinski definition) is 6. The van der Waals surface area contributed by atoms with Crippen LogP contribution < -0.4 is 21.7 Å². The second-order valence-corrected chi connectivity index (χ2v) is 7.00. The molecule has 0 aliphatic rings. The lowest BCUT2D eigenvalue weighted by molar-refractivity contribution is -0.138. The van der Waals surface area contributed by atoms with Crippen LogP contribution in [0.4, 0.5) is 0 Å². The van der Waals surface area contributed by atoms with Gasteiger partial charge < -0.3 is 31.9 Å². The van der Waals surface area contributed by atoms with Gasteiger partial charge in [0.1, 0.15) is 24.4 Å².